The topological polar surface area (TPSA) is 74.6 Å². The van der Waals surface area contributed by atoms with Crippen LogP contribution in [-0.2, 0) is 4.79 Å². The van der Waals surface area contributed by atoms with Gasteiger partial charge in [-0.15, -0.1) is 12.4 Å². The first-order valence-corrected chi connectivity index (χ1v) is 10.5. The van der Waals surface area contributed by atoms with Crippen molar-refractivity contribution < 1.29 is 14.0 Å². The summed E-state index contributed by atoms with van der Waals surface area (Å²) in [7, 11) is 0. The summed E-state index contributed by atoms with van der Waals surface area (Å²) < 4.78 is 5.53. The molecule has 1 unspecified atom stereocenters. The Morgan fingerprint density at radius 3 is 2.50 bits per heavy atom. The molecule has 0 saturated carbocycles. The van der Waals surface area contributed by atoms with Crippen LogP contribution in [0.4, 0.5) is 0 Å². The lowest BCUT2D eigenvalue weighted by atomic mass is 10.0. The van der Waals surface area contributed by atoms with Crippen LogP contribution in [0.2, 0.25) is 0 Å². The van der Waals surface area contributed by atoms with Crippen LogP contribution in [-0.4, -0.2) is 42.9 Å². The van der Waals surface area contributed by atoms with Crippen molar-refractivity contribution in [2.24, 2.45) is 0 Å². The minimum Gasteiger partial charge on any atom is -0.466 e. The van der Waals surface area contributed by atoms with Gasteiger partial charge in [-0.3, -0.25) is 9.59 Å². The van der Waals surface area contributed by atoms with E-state index in [0.29, 0.717) is 37.4 Å². The van der Waals surface area contributed by atoms with Gasteiger partial charge in [-0.1, -0.05) is 30.3 Å². The molecule has 1 aliphatic rings. The predicted octanol–water partition coefficient (Wildman–Crippen LogP) is 3.78. The zero-order valence-electron chi connectivity index (χ0n) is 17.8. The normalized spacial score (nSPS) is 18.9. The quantitative estimate of drug-likeness (QED) is 0.755. The summed E-state index contributed by atoms with van der Waals surface area (Å²) in [6, 6.07) is 11.9. The average molecular weight is 434 g/mol. The molecule has 1 fully saturated rings. The van der Waals surface area contributed by atoms with Gasteiger partial charge in [-0.05, 0) is 51.3 Å². The van der Waals surface area contributed by atoms with Gasteiger partial charge in [0.05, 0.1) is 5.56 Å². The van der Waals surface area contributed by atoms with Gasteiger partial charge in [0, 0.05) is 32.1 Å². The number of hydrogen-bond acceptors (Lipinski definition) is 4. The molecule has 7 heteroatoms. The number of benzene rings is 1. The van der Waals surface area contributed by atoms with Crippen LogP contribution in [0.3, 0.4) is 0 Å². The molecule has 2 N–H and O–H groups in total. The van der Waals surface area contributed by atoms with Crippen molar-refractivity contribution in [2.75, 3.05) is 26.2 Å². The van der Waals surface area contributed by atoms with Crippen LogP contribution in [0.15, 0.2) is 40.8 Å². The molecule has 1 saturated heterocycles. The van der Waals surface area contributed by atoms with Crippen molar-refractivity contribution in [1.29, 1.82) is 0 Å². The largest absolute Gasteiger partial charge is 0.466 e. The molecule has 2 heterocycles. The zero-order chi connectivity index (χ0) is 20.6. The van der Waals surface area contributed by atoms with Crippen molar-refractivity contribution in [3.8, 4) is 0 Å². The Kier molecular flexibility index (Phi) is 9.40. The SMILES string of the molecule is Cc1cc(C(=O)N2CCCCNC(c3ccccc3)CC(=O)NCCC2)c(C)o1.Cl. The van der Waals surface area contributed by atoms with E-state index in [2.05, 4.69) is 22.8 Å². The fraction of sp³-hybridized carbons (Fsp3) is 0.478. The fourth-order valence-corrected chi connectivity index (χ4v) is 3.78. The lowest BCUT2D eigenvalue weighted by molar-refractivity contribution is -0.121. The first-order valence-electron chi connectivity index (χ1n) is 10.5. The molecule has 1 aliphatic heterocycles. The van der Waals surface area contributed by atoms with E-state index in [4.69, 9.17) is 4.42 Å². The molecule has 1 atom stereocenters. The molecule has 2 amide bonds. The number of hydrogen-bond donors (Lipinski definition) is 2. The summed E-state index contributed by atoms with van der Waals surface area (Å²) in [6.07, 6.45) is 3.01. The molecule has 164 valence electrons. The monoisotopic (exact) mass is 433 g/mol. The number of carbonyl (C=O) groups is 2. The zero-order valence-corrected chi connectivity index (χ0v) is 18.6. The van der Waals surface area contributed by atoms with E-state index < -0.39 is 0 Å². The molecule has 1 aromatic carbocycles. The van der Waals surface area contributed by atoms with Gasteiger partial charge in [0.2, 0.25) is 5.91 Å². The molecule has 0 spiro atoms. The van der Waals surface area contributed by atoms with Crippen molar-refractivity contribution in [2.45, 2.75) is 45.6 Å². The molecule has 0 radical (unpaired) electrons. The highest BCUT2D eigenvalue weighted by atomic mass is 35.5. The Morgan fingerprint density at radius 1 is 1.07 bits per heavy atom. The maximum Gasteiger partial charge on any atom is 0.257 e. The second kappa shape index (κ2) is 11.8. The summed E-state index contributed by atoms with van der Waals surface area (Å²) in [4.78, 5) is 27.3. The van der Waals surface area contributed by atoms with Crippen LogP contribution in [0.5, 0.6) is 0 Å². The second-order valence-electron chi connectivity index (χ2n) is 7.65. The number of nitrogens with zero attached hydrogens (tertiary/aromatic N) is 1. The van der Waals surface area contributed by atoms with E-state index in [1.807, 2.05) is 43.0 Å². The summed E-state index contributed by atoms with van der Waals surface area (Å²) in [6.45, 7) is 6.38. The van der Waals surface area contributed by atoms with E-state index in [1.165, 1.54) is 0 Å². The number of furan rings is 1. The Balaban J connectivity index is 0.00000320. The third-order valence-electron chi connectivity index (χ3n) is 5.32. The van der Waals surface area contributed by atoms with Crippen molar-refractivity contribution in [3.05, 3.63) is 59.0 Å². The predicted molar refractivity (Wildman–Crippen MR) is 120 cm³/mol. The molecule has 0 aliphatic carbocycles. The Bertz CT molecular complexity index is 822. The maximum absolute atomic E-state index is 13.0. The number of rotatable bonds is 2. The lowest BCUT2D eigenvalue weighted by Crippen LogP contribution is -2.35. The molecule has 1 aromatic heterocycles. The number of amides is 2. The number of carbonyl (C=O) groups excluding carboxylic acids is 2. The van der Waals surface area contributed by atoms with E-state index in [1.54, 1.807) is 0 Å². The maximum atomic E-state index is 13.0. The van der Waals surface area contributed by atoms with Crippen molar-refractivity contribution in [3.63, 3.8) is 0 Å². The summed E-state index contributed by atoms with van der Waals surface area (Å²) in [5.41, 5.74) is 1.76. The Morgan fingerprint density at radius 2 is 1.80 bits per heavy atom. The third kappa shape index (κ3) is 6.61. The van der Waals surface area contributed by atoms with E-state index in [0.717, 1.165) is 37.1 Å². The average Bonchev–Trinajstić information content (AvgIpc) is 3.06. The minimum atomic E-state index is 0. The van der Waals surface area contributed by atoms with Gasteiger partial charge in [0.25, 0.3) is 5.91 Å². The van der Waals surface area contributed by atoms with Crippen LogP contribution in [0.1, 0.15) is 59.2 Å². The smallest absolute Gasteiger partial charge is 0.257 e. The van der Waals surface area contributed by atoms with Crippen LogP contribution < -0.4 is 10.6 Å². The minimum absolute atomic E-state index is 0. The van der Waals surface area contributed by atoms with Gasteiger partial charge in [-0.2, -0.15) is 0 Å². The summed E-state index contributed by atoms with van der Waals surface area (Å²) in [5.74, 6) is 1.46. The molecule has 2 aromatic rings. The first kappa shape index (κ1) is 24.0. The third-order valence-corrected chi connectivity index (χ3v) is 5.32. The molecular weight excluding hydrogens is 402 g/mol. The van der Waals surface area contributed by atoms with Crippen LogP contribution in [0, 0.1) is 13.8 Å². The van der Waals surface area contributed by atoms with E-state index >= 15 is 0 Å². The highest BCUT2D eigenvalue weighted by Gasteiger charge is 2.21. The molecule has 6 nitrogen and oxygen atoms in total. The van der Waals surface area contributed by atoms with Gasteiger partial charge < -0.3 is 20.0 Å². The first-order chi connectivity index (χ1) is 14.0. The molecule has 0 bridgehead atoms. The number of aryl methyl sites for hydroxylation is 2. The Hall–Kier alpha value is -2.31. The van der Waals surface area contributed by atoms with Gasteiger partial charge in [0.15, 0.2) is 0 Å². The highest BCUT2D eigenvalue weighted by Crippen LogP contribution is 2.18. The van der Waals surface area contributed by atoms with Gasteiger partial charge >= 0.3 is 0 Å². The Labute approximate surface area is 184 Å². The summed E-state index contributed by atoms with van der Waals surface area (Å²) in [5, 5.41) is 6.51. The molecular formula is C23H32ClN3O3. The fourth-order valence-electron chi connectivity index (χ4n) is 3.78. The number of nitrogens with one attached hydrogen (secondary N) is 2. The van der Waals surface area contributed by atoms with E-state index in [9.17, 15) is 9.59 Å². The van der Waals surface area contributed by atoms with Crippen LogP contribution in [0.25, 0.3) is 0 Å². The summed E-state index contributed by atoms with van der Waals surface area (Å²) >= 11 is 0. The second-order valence-corrected chi connectivity index (χ2v) is 7.65. The lowest BCUT2D eigenvalue weighted by Gasteiger charge is -2.22. The number of halogens is 1. The standard InChI is InChI=1S/C23H31N3O3.ClH/c1-17-15-20(18(2)29-17)23(28)26-13-7-6-11-24-21(19-9-4-3-5-10-19)16-22(27)25-12-8-14-26;/h3-5,9-10,15,21,24H,6-8,11-14,16H2,1-2H3,(H,25,27);1H. The molecule has 3 rings (SSSR count). The van der Waals surface area contributed by atoms with E-state index in [-0.39, 0.29) is 30.3 Å². The van der Waals surface area contributed by atoms with Gasteiger partial charge in [0.1, 0.15) is 11.5 Å². The van der Waals surface area contributed by atoms with Crippen LogP contribution >= 0.6 is 12.4 Å². The van der Waals surface area contributed by atoms with Crippen molar-refractivity contribution >= 4 is 24.2 Å². The molecule has 30 heavy (non-hydrogen) atoms. The van der Waals surface area contributed by atoms with Crippen molar-refractivity contribution in [1.82, 2.24) is 15.5 Å². The highest BCUT2D eigenvalue weighted by molar-refractivity contribution is 5.95. The van der Waals surface area contributed by atoms with Gasteiger partial charge in [-0.25, -0.2) is 0 Å².